The van der Waals surface area contributed by atoms with E-state index in [1.54, 1.807) is 66.7 Å². The third kappa shape index (κ3) is 4.17. The molecule has 0 radical (unpaired) electrons. The molecular weight excluding hydrogens is 414 g/mol. The minimum atomic E-state index is -0.427. The summed E-state index contributed by atoms with van der Waals surface area (Å²) >= 11 is 6.19. The highest BCUT2D eigenvalue weighted by atomic mass is 35.5. The van der Waals surface area contributed by atoms with Crippen LogP contribution in [0.25, 0.3) is 6.08 Å². The van der Waals surface area contributed by atoms with Crippen molar-refractivity contribution in [3.63, 3.8) is 0 Å². The van der Waals surface area contributed by atoms with E-state index in [2.05, 4.69) is 5.32 Å². The van der Waals surface area contributed by atoms with Crippen LogP contribution in [-0.4, -0.2) is 22.5 Å². The van der Waals surface area contributed by atoms with Gasteiger partial charge in [-0.05, 0) is 35.9 Å². The maximum Gasteiger partial charge on any atom is 0.211 e. The highest BCUT2D eigenvalue weighted by Gasteiger charge is 2.31. The van der Waals surface area contributed by atoms with E-state index in [-0.39, 0.29) is 39.2 Å². The Morgan fingerprint density at radius 3 is 2.26 bits per heavy atom. The summed E-state index contributed by atoms with van der Waals surface area (Å²) in [7, 11) is 0. The fraction of sp³-hybridized carbons (Fsp3) is 0. The van der Waals surface area contributed by atoms with E-state index in [0.717, 1.165) is 5.56 Å². The average molecular weight is 430 g/mol. The molecule has 2 N–H and O–H groups in total. The topological polar surface area (TPSA) is 83.5 Å². The monoisotopic (exact) mass is 429 g/mol. The molecule has 0 atom stereocenters. The van der Waals surface area contributed by atoms with Gasteiger partial charge in [-0.25, -0.2) is 0 Å². The summed E-state index contributed by atoms with van der Waals surface area (Å²) in [6.07, 6.45) is 3.06. The molecule has 0 spiro atoms. The van der Waals surface area contributed by atoms with Crippen LogP contribution in [-0.2, 0) is 0 Å². The first kappa shape index (κ1) is 20.3. The molecule has 5 nitrogen and oxygen atoms in total. The second kappa shape index (κ2) is 8.42. The first-order valence-electron chi connectivity index (χ1n) is 9.41. The Morgan fingerprint density at radius 2 is 1.55 bits per heavy atom. The molecule has 1 aliphatic rings. The third-order valence-corrected chi connectivity index (χ3v) is 5.16. The fourth-order valence-electron chi connectivity index (χ4n) is 3.20. The van der Waals surface area contributed by atoms with Crippen molar-refractivity contribution < 1.29 is 19.5 Å². The number of halogens is 1. The van der Waals surface area contributed by atoms with E-state index in [0.29, 0.717) is 11.3 Å². The first-order valence-corrected chi connectivity index (χ1v) is 9.78. The van der Waals surface area contributed by atoms with Crippen LogP contribution in [0.2, 0.25) is 0 Å². The minimum absolute atomic E-state index is 0.0189. The molecule has 3 aromatic rings. The van der Waals surface area contributed by atoms with Crippen molar-refractivity contribution in [3.05, 3.63) is 112 Å². The van der Waals surface area contributed by atoms with Crippen LogP contribution in [0.15, 0.2) is 89.6 Å². The molecule has 152 valence electrons. The lowest BCUT2D eigenvalue weighted by atomic mass is 9.92. The lowest BCUT2D eigenvalue weighted by Gasteiger charge is -2.19. The van der Waals surface area contributed by atoms with E-state index in [9.17, 15) is 19.5 Å². The molecule has 0 amide bonds. The lowest BCUT2D eigenvalue weighted by Crippen LogP contribution is -2.24. The number of hydrogen-bond acceptors (Lipinski definition) is 5. The number of allylic oxidation sites excluding steroid dienone is 3. The van der Waals surface area contributed by atoms with Crippen molar-refractivity contribution in [2.24, 2.45) is 0 Å². The van der Waals surface area contributed by atoms with Crippen molar-refractivity contribution in [3.8, 4) is 5.75 Å². The van der Waals surface area contributed by atoms with Gasteiger partial charge in [0.15, 0.2) is 5.78 Å². The molecule has 0 bridgehead atoms. The van der Waals surface area contributed by atoms with E-state index in [4.69, 9.17) is 11.6 Å². The average Bonchev–Trinajstić information content (AvgIpc) is 2.80. The summed E-state index contributed by atoms with van der Waals surface area (Å²) in [5.74, 6) is -0.908. The van der Waals surface area contributed by atoms with Crippen molar-refractivity contribution >= 4 is 40.7 Å². The Kier molecular flexibility index (Phi) is 5.52. The van der Waals surface area contributed by atoms with Crippen LogP contribution in [0.1, 0.15) is 36.6 Å². The van der Waals surface area contributed by atoms with Gasteiger partial charge < -0.3 is 10.4 Å². The summed E-state index contributed by atoms with van der Waals surface area (Å²) in [6.45, 7) is 0. The van der Waals surface area contributed by atoms with Gasteiger partial charge in [-0.15, -0.1) is 0 Å². The number of nitrogens with one attached hydrogen (secondary N) is 1. The number of anilines is 1. The molecule has 0 aromatic heterocycles. The molecule has 6 heteroatoms. The number of hydrogen-bond donors (Lipinski definition) is 2. The molecule has 31 heavy (non-hydrogen) atoms. The maximum atomic E-state index is 12.8. The summed E-state index contributed by atoms with van der Waals surface area (Å²) in [4.78, 5) is 37.9. The SMILES string of the molecule is O=C(/C=C/c1ccc(O)cc1)c1cccc(NC2=C(Cl)C(=O)c3ccccc3C2=O)c1. The zero-order valence-electron chi connectivity index (χ0n) is 16.1. The van der Waals surface area contributed by atoms with Crippen molar-refractivity contribution in [2.75, 3.05) is 5.32 Å². The molecule has 0 unspecified atom stereocenters. The Bertz CT molecular complexity index is 1270. The highest BCUT2D eigenvalue weighted by Crippen LogP contribution is 2.29. The van der Waals surface area contributed by atoms with Gasteiger partial charge in [-0.3, -0.25) is 14.4 Å². The van der Waals surface area contributed by atoms with E-state index < -0.39 is 5.78 Å². The van der Waals surface area contributed by atoms with Gasteiger partial charge in [-0.1, -0.05) is 66.2 Å². The molecule has 0 saturated heterocycles. The van der Waals surface area contributed by atoms with Gasteiger partial charge in [-0.2, -0.15) is 0 Å². The van der Waals surface area contributed by atoms with Crippen molar-refractivity contribution in [1.29, 1.82) is 0 Å². The number of rotatable bonds is 5. The standard InChI is InChI=1S/C25H16ClNO4/c26-22-23(25(31)20-7-2-1-6-19(20)24(22)30)27-17-5-3-4-16(14-17)21(29)13-10-15-8-11-18(28)12-9-15/h1-14,27-28H/b13-10+. The van der Waals surface area contributed by atoms with Crippen LogP contribution in [0, 0.1) is 0 Å². The quantitative estimate of drug-likeness (QED) is 0.428. The van der Waals surface area contributed by atoms with Gasteiger partial charge in [0.2, 0.25) is 11.6 Å². The zero-order valence-corrected chi connectivity index (χ0v) is 16.9. The van der Waals surface area contributed by atoms with Gasteiger partial charge in [0.05, 0.1) is 0 Å². The molecule has 4 rings (SSSR count). The maximum absolute atomic E-state index is 12.8. The fourth-order valence-corrected chi connectivity index (χ4v) is 3.44. The number of benzene rings is 3. The number of phenols is 1. The predicted molar refractivity (Wildman–Crippen MR) is 120 cm³/mol. The molecular formula is C25H16ClNO4. The summed E-state index contributed by atoms with van der Waals surface area (Å²) in [5, 5.41) is 12.0. The molecule has 1 aliphatic carbocycles. The molecule has 3 aromatic carbocycles. The van der Waals surface area contributed by atoms with Gasteiger partial charge in [0.25, 0.3) is 0 Å². The third-order valence-electron chi connectivity index (χ3n) is 4.80. The van der Waals surface area contributed by atoms with E-state index >= 15 is 0 Å². The summed E-state index contributed by atoms with van der Waals surface area (Å²) < 4.78 is 0. The second-order valence-corrected chi connectivity index (χ2v) is 7.27. The Hall–Kier alpha value is -3.96. The second-order valence-electron chi connectivity index (χ2n) is 6.89. The van der Waals surface area contributed by atoms with Gasteiger partial charge in [0, 0.05) is 22.4 Å². The lowest BCUT2D eigenvalue weighted by molar-refractivity contribution is 0.0982. The van der Waals surface area contributed by atoms with E-state index in [1.165, 1.54) is 18.2 Å². The summed E-state index contributed by atoms with van der Waals surface area (Å²) in [6, 6.07) is 19.5. The van der Waals surface area contributed by atoms with E-state index in [1.807, 2.05) is 0 Å². The number of phenolic OH excluding ortho intramolecular Hbond substituents is 1. The molecule has 0 saturated carbocycles. The Labute approximate surface area is 183 Å². The largest absolute Gasteiger partial charge is 0.508 e. The predicted octanol–water partition coefficient (Wildman–Crippen LogP) is 5.23. The molecule has 0 aliphatic heterocycles. The zero-order chi connectivity index (χ0) is 22.0. The van der Waals surface area contributed by atoms with Crippen molar-refractivity contribution in [2.45, 2.75) is 0 Å². The van der Waals surface area contributed by atoms with Crippen LogP contribution < -0.4 is 5.32 Å². The normalized spacial score (nSPS) is 13.5. The van der Waals surface area contributed by atoms with Crippen LogP contribution >= 0.6 is 11.6 Å². The van der Waals surface area contributed by atoms with Crippen LogP contribution in [0.4, 0.5) is 5.69 Å². The number of aromatic hydroxyl groups is 1. The number of Topliss-reactive ketones (excluding diaryl/α,β-unsaturated/α-hetero) is 2. The van der Waals surface area contributed by atoms with Crippen LogP contribution in [0.5, 0.6) is 5.75 Å². The number of fused-ring (bicyclic) bond motifs is 1. The van der Waals surface area contributed by atoms with Gasteiger partial charge >= 0.3 is 0 Å². The Morgan fingerprint density at radius 1 is 0.871 bits per heavy atom. The first-order chi connectivity index (χ1) is 14.9. The highest BCUT2D eigenvalue weighted by molar-refractivity contribution is 6.50. The minimum Gasteiger partial charge on any atom is -0.508 e. The summed E-state index contributed by atoms with van der Waals surface area (Å²) in [5.41, 5.74) is 2.15. The smallest absolute Gasteiger partial charge is 0.211 e. The number of carbonyl (C=O) groups is 3. The Balaban J connectivity index is 1.57. The van der Waals surface area contributed by atoms with Gasteiger partial charge in [0.1, 0.15) is 16.5 Å². The number of ketones is 3. The van der Waals surface area contributed by atoms with Crippen LogP contribution in [0.3, 0.4) is 0 Å². The molecule has 0 fully saturated rings. The van der Waals surface area contributed by atoms with Crippen molar-refractivity contribution in [1.82, 2.24) is 0 Å². The number of carbonyl (C=O) groups excluding carboxylic acids is 3. The molecule has 0 heterocycles.